The largest absolute Gasteiger partial charge is 0.382 e. The predicted octanol–water partition coefficient (Wildman–Crippen LogP) is 1.97. The van der Waals surface area contributed by atoms with Crippen molar-refractivity contribution < 1.29 is 9.63 Å². The summed E-state index contributed by atoms with van der Waals surface area (Å²) in [5, 5.41) is 3.79. The number of carbonyl (C=O) groups excluding carboxylic acids is 1. The summed E-state index contributed by atoms with van der Waals surface area (Å²) in [4.78, 5) is 15.6. The number of nitrogens with zero attached hydrogens (tertiary/aromatic N) is 1. The molecule has 1 aromatic rings. The molecule has 0 aromatic heterocycles. The molecule has 0 aliphatic heterocycles. The van der Waals surface area contributed by atoms with Crippen molar-refractivity contribution in [3.8, 4) is 0 Å². The van der Waals surface area contributed by atoms with Crippen molar-refractivity contribution in [3.63, 3.8) is 0 Å². The van der Waals surface area contributed by atoms with E-state index in [9.17, 15) is 4.79 Å². The SMILES string of the molecule is CC(/C=C/c1ccccc1)=N\OC(C)C(N)=O. The molecule has 90 valence electrons. The van der Waals surface area contributed by atoms with Gasteiger partial charge < -0.3 is 10.6 Å². The Balaban J connectivity index is 2.54. The second-order valence-corrected chi connectivity index (χ2v) is 3.63. The summed E-state index contributed by atoms with van der Waals surface area (Å²) in [7, 11) is 0. The van der Waals surface area contributed by atoms with Crippen molar-refractivity contribution in [2.24, 2.45) is 10.9 Å². The summed E-state index contributed by atoms with van der Waals surface area (Å²) in [6, 6.07) is 9.83. The molecule has 0 saturated carbocycles. The molecule has 17 heavy (non-hydrogen) atoms. The van der Waals surface area contributed by atoms with Gasteiger partial charge in [-0.3, -0.25) is 4.79 Å². The van der Waals surface area contributed by atoms with E-state index in [0.717, 1.165) is 5.56 Å². The lowest BCUT2D eigenvalue weighted by Gasteiger charge is -2.04. The van der Waals surface area contributed by atoms with Crippen LogP contribution in [0.5, 0.6) is 0 Å². The minimum Gasteiger partial charge on any atom is -0.382 e. The number of rotatable bonds is 5. The lowest BCUT2D eigenvalue weighted by Crippen LogP contribution is -2.26. The number of oxime groups is 1. The molecule has 1 atom stereocenters. The van der Waals surface area contributed by atoms with E-state index in [-0.39, 0.29) is 0 Å². The molecular weight excluding hydrogens is 216 g/mol. The first-order valence-corrected chi connectivity index (χ1v) is 5.32. The molecule has 0 radical (unpaired) electrons. The highest BCUT2D eigenvalue weighted by Crippen LogP contribution is 2.01. The van der Waals surface area contributed by atoms with Crippen molar-refractivity contribution in [2.45, 2.75) is 20.0 Å². The first kappa shape index (κ1) is 13.0. The fourth-order valence-electron chi connectivity index (χ4n) is 1.03. The minimum atomic E-state index is -0.713. The van der Waals surface area contributed by atoms with Crippen LogP contribution in [0.15, 0.2) is 41.6 Å². The Morgan fingerprint density at radius 3 is 2.65 bits per heavy atom. The van der Waals surface area contributed by atoms with Crippen molar-refractivity contribution >= 4 is 17.7 Å². The van der Waals surface area contributed by atoms with Crippen LogP contribution in [0.3, 0.4) is 0 Å². The fourth-order valence-corrected chi connectivity index (χ4v) is 1.03. The third-order valence-electron chi connectivity index (χ3n) is 2.07. The first-order valence-electron chi connectivity index (χ1n) is 5.32. The van der Waals surface area contributed by atoms with Gasteiger partial charge >= 0.3 is 0 Å². The number of carbonyl (C=O) groups is 1. The number of primary amides is 1. The standard InChI is InChI=1S/C13H16N2O2/c1-10(15-17-11(2)13(14)16)8-9-12-6-4-3-5-7-12/h3-9,11H,1-2H3,(H2,14,16)/b9-8+,15-10+. The van der Waals surface area contributed by atoms with Gasteiger partial charge in [0.05, 0.1) is 5.71 Å². The zero-order valence-electron chi connectivity index (χ0n) is 9.96. The molecule has 0 bridgehead atoms. The Hall–Kier alpha value is -2.10. The second kappa shape index (κ2) is 6.48. The summed E-state index contributed by atoms with van der Waals surface area (Å²) < 4.78 is 0. The molecule has 2 N–H and O–H groups in total. The molecule has 1 amide bonds. The third kappa shape index (κ3) is 4.97. The van der Waals surface area contributed by atoms with Crippen LogP contribution in [0, 0.1) is 0 Å². The van der Waals surface area contributed by atoms with Gasteiger partial charge in [-0.1, -0.05) is 41.6 Å². The number of nitrogens with two attached hydrogens (primary N) is 1. The average molecular weight is 232 g/mol. The number of hydrogen-bond acceptors (Lipinski definition) is 3. The van der Waals surface area contributed by atoms with Crippen LogP contribution in [0.4, 0.5) is 0 Å². The second-order valence-electron chi connectivity index (χ2n) is 3.63. The Morgan fingerprint density at radius 1 is 1.41 bits per heavy atom. The molecule has 0 spiro atoms. The van der Waals surface area contributed by atoms with Gasteiger partial charge in [-0.25, -0.2) is 0 Å². The molecule has 0 saturated heterocycles. The highest BCUT2D eigenvalue weighted by molar-refractivity contribution is 5.96. The van der Waals surface area contributed by atoms with Gasteiger partial charge in [0.15, 0.2) is 0 Å². The number of allylic oxidation sites excluding steroid dienone is 1. The quantitative estimate of drug-likeness (QED) is 0.623. The fraction of sp³-hybridized carbons (Fsp3) is 0.231. The van der Waals surface area contributed by atoms with E-state index in [0.29, 0.717) is 5.71 Å². The van der Waals surface area contributed by atoms with Gasteiger partial charge in [0.25, 0.3) is 5.91 Å². The van der Waals surface area contributed by atoms with Gasteiger partial charge in [0.1, 0.15) is 0 Å². The normalized spacial score (nSPS) is 13.6. The zero-order chi connectivity index (χ0) is 12.7. The van der Waals surface area contributed by atoms with E-state index >= 15 is 0 Å². The topological polar surface area (TPSA) is 64.7 Å². The maximum Gasteiger partial charge on any atom is 0.261 e. The van der Waals surface area contributed by atoms with Crippen molar-refractivity contribution in [2.75, 3.05) is 0 Å². The molecule has 0 aliphatic carbocycles. The molecule has 4 heteroatoms. The summed E-state index contributed by atoms with van der Waals surface area (Å²) >= 11 is 0. The molecule has 4 nitrogen and oxygen atoms in total. The van der Waals surface area contributed by atoms with Crippen LogP contribution in [-0.2, 0) is 9.63 Å². The molecule has 0 heterocycles. The van der Waals surface area contributed by atoms with Crippen LogP contribution < -0.4 is 5.73 Å². The molecule has 0 aliphatic rings. The maximum atomic E-state index is 10.7. The number of amides is 1. The van der Waals surface area contributed by atoms with Crippen LogP contribution in [-0.4, -0.2) is 17.7 Å². The smallest absolute Gasteiger partial charge is 0.261 e. The lowest BCUT2D eigenvalue weighted by molar-refractivity contribution is -0.128. The zero-order valence-corrected chi connectivity index (χ0v) is 9.96. The van der Waals surface area contributed by atoms with Crippen LogP contribution in [0.1, 0.15) is 19.4 Å². The number of hydrogen-bond donors (Lipinski definition) is 1. The minimum absolute atomic E-state index is 0.534. The van der Waals surface area contributed by atoms with E-state index in [4.69, 9.17) is 10.6 Å². The number of benzene rings is 1. The summed E-state index contributed by atoms with van der Waals surface area (Å²) in [5.41, 5.74) is 6.78. The van der Waals surface area contributed by atoms with Gasteiger partial charge in [-0.05, 0) is 25.5 Å². The molecule has 1 aromatic carbocycles. The van der Waals surface area contributed by atoms with Gasteiger partial charge in [0, 0.05) is 0 Å². The maximum absolute atomic E-state index is 10.7. The highest BCUT2D eigenvalue weighted by Gasteiger charge is 2.07. The van der Waals surface area contributed by atoms with Gasteiger partial charge in [-0.2, -0.15) is 0 Å². The molecule has 0 fully saturated rings. The van der Waals surface area contributed by atoms with E-state index in [2.05, 4.69) is 5.16 Å². The third-order valence-corrected chi connectivity index (χ3v) is 2.07. The Kier molecular flexibility index (Phi) is 4.94. The first-order chi connectivity index (χ1) is 8.09. The summed E-state index contributed by atoms with van der Waals surface area (Å²) in [6.07, 6.45) is 3.01. The van der Waals surface area contributed by atoms with Crippen molar-refractivity contribution in [3.05, 3.63) is 42.0 Å². The molecule has 1 rings (SSSR count). The summed E-state index contributed by atoms with van der Waals surface area (Å²) in [6.45, 7) is 3.34. The van der Waals surface area contributed by atoms with Crippen LogP contribution in [0.2, 0.25) is 0 Å². The lowest BCUT2D eigenvalue weighted by atomic mass is 10.2. The van der Waals surface area contributed by atoms with E-state index < -0.39 is 12.0 Å². The van der Waals surface area contributed by atoms with Crippen LogP contribution in [0.25, 0.3) is 6.08 Å². The Labute approximate surface area is 101 Å². The Bertz CT molecular complexity index is 424. The molecular formula is C13H16N2O2. The van der Waals surface area contributed by atoms with Gasteiger partial charge in [-0.15, -0.1) is 0 Å². The molecule has 1 unspecified atom stereocenters. The van der Waals surface area contributed by atoms with Crippen LogP contribution >= 0.6 is 0 Å². The van der Waals surface area contributed by atoms with Crippen molar-refractivity contribution in [1.82, 2.24) is 0 Å². The Morgan fingerprint density at radius 2 is 2.06 bits per heavy atom. The van der Waals surface area contributed by atoms with Gasteiger partial charge in [0.2, 0.25) is 6.10 Å². The van der Waals surface area contributed by atoms with E-state index in [1.54, 1.807) is 13.8 Å². The van der Waals surface area contributed by atoms with E-state index in [1.165, 1.54) is 0 Å². The van der Waals surface area contributed by atoms with Crippen molar-refractivity contribution in [1.29, 1.82) is 0 Å². The highest BCUT2D eigenvalue weighted by atomic mass is 16.6. The van der Waals surface area contributed by atoms with E-state index in [1.807, 2.05) is 42.5 Å². The monoisotopic (exact) mass is 232 g/mol. The predicted molar refractivity (Wildman–Crippen MR) is 68.3 cm³/mol. The summed E-state index contributed by atoms with van der Waals surface area (Å²) in [5.74, 6) is -0.534. The average Bonchev–Trinajstić information content (AvgIpc) is 2.34.